The van der Waals surface area contributed by atoms with E-state index in [1.807, 2.05) is 12.1 Å². The van der Waals surface area contributed by atoms with Gasteiger partial charge >= 0.3 is 0 Å². The van der Waals surface area contributed by atoms with Crippen molar-refractivity contribution in [1.29, 1.82) is 0 Å². The predicted molar refractivity (Wildman–Crippen MR) is 116 cm³/mol. The largest absolute Gasteiger partial charge is 0.352 e. The average molecular weight is 411 g/mol. The fourth-order valence-electron chi connectivity index (χ4n) is 5.65. The number of carbonyl (C=O) groups is 3. The number of imide groups is 1. The van der Waals surface area contributed by atoms with Crippen LogP contribution in [-0.4, -0.2) is 35.7 Å². The summed E-state index contributed by atoms with van der Waals surface area (Å²) in [7, 11) is 0. The molecule has 1 heterocycles. The summed E-state index contributed by atoms with van der Waals surface area (Å²) < 4.78 is 0. The van der Waals surface area contributed by atoms with Crippen LogP contribution < -0.4 is 5.32 Å². The van der Waals surface area contributed by atoms with Gasteiger partial charge in [-0.05, 0) is 67.6 Å². The lowest BCUT2D eigenvalue weighted by atomic mass is 9.57. The molecule has 1 atom stereocenters. The van der Waals surface area contributed by atoms with Crippen molar-refractivity contribution in [3.8, 4) is 0 Å². The minimum absolute atomic E-state index is 0.0921. The van der Waals surface area contributed by atoms with Crippen LogP contribution in [-0.2, 0) is 16.0 Å². The Labute approximate surface area is 179 Å². The van der Waals surface area contributed by atoms with E-state index in [-0.39, 0.29) is 17.7 Å². The molecular formula is C25H34N2O3. The van der Waals surface area contributed by atoms with Gasteiger partial charge in [0.1, 0.15) is 0 Å². The van der Waals surface area contributed by atoms with Crippen molar-refractivity contribution < 1.29 is 14.4 Å². The number of nitrogens with one attached hydrogen (secondary N) is 1. The van der Waals surface area contributed by atoms with Crippen molar-refractivity contribution in [3.63, 3.8) is 0 Å². The Bertz CT molecular complexity index is 766. The Hall–Kier alpha value is -2.17. The third-order valence-corrected chi connectivity index (χ3v) is 7.64. The zero-order valence-electron chi connectivity index (χ0n) is 18.0. The molecule has 162 valence electrons. The van der Waals surface area contributed by atoms with Gasteiger partial charge in [-0.3, -0.25) is 19.3 Å². The molecule has 5 heteroatoms. The maximum atomic E-state index is 12.4. The van der Waals surface area contributed by atoms with E-state index in [2.05, 4.69) is 17.4 Å². The molecule has 3 fully saturated rings. The van der Waals surface area contributed by atoms with E-state index < -0.39 is 0 Å². The maximum absolute atomic E-state index is 12.4. The molecule has 1 aromatic rings. The average Bonchev–Trinajstić information content (AvgIpc) is 2.91. The Morgan fingerprint density at radius 1 is 0.967 bits per heavy atom. The second-order valence-electron chi connectivity index (χ2n) is 9.46. The van der Waals surface area contributed by atoms with Crippen molar-refractivity contribution in [2.45, 2.75) is 77.0 Å². The van der Waals surface area contributed by atoms with Gasteiger partial charge in [-0.2, -0.15) is 0 Å². The lowest BCUT2D eigenvalue weighted by molar-refractivity contribution is -0.138. The smallest absolute Gasteiger partial charge is 0.251 e. The number of rotatable bonds is 7. The number of benzene rings is 1. The number of hydrogen-bond donors (Lipinski definition) is 1. The molecule has 4 rings (SSSR count). The van der Waals surface area contributed by atoms with Gasteiger partial charge in [0.25, 0.3) is 5.91 Å². The third kappa shape index (κ3) is 4.60. The van der Waals surface area contributed by atoms with E-state index >= 15 is 0 Å². The second-order valence-corrected chi connectivity index (χ2v) is 9.46. The van der Waals surface area contributed by atoms with Crippen molar-refractivity contribution >= 4 is 17.7 Å². The number of likely N-dealkylation sites (tertiary alicyclic amines) is 1. The first-order valence-electron chi connectivity index (χ1n) is 11.8. The number of carbonyl (C=O) groups excluding carboxylic acids is 3. The number of hydrogen-bond acceptors (Lipinski definition) is 3. The molecule has 2 saturated carbocycles. The molecule has 1 unspecified atom stereocenters. The molecule has 1 saturated heterocycles. The summed E-state index contributed by atoms with van der Waals surface area (Å²) in [6.07, 6.45) is 13.5. The molecule has 30 heavy (non-hydrogen) atoms. The molecule has 5 nitrogen and oxygen atoms in total. The summed E-state index contributed by atoms with van der Waals surface area (Å²) in [5, 5.41) is 2.90. The zero-order valence-corrected chi connectivity index (χ0v) is 18.0. The summed E-state index contributed by atoms with van der Waals surface area (Å²) in [6, 6.07) is 8.10. The van der Waals surface area contributed by atoms with Crippen LogP contribution in [0.2, 0.25) is 0 Å². The highest BCUT2D eigenvalue weighted by Crippen LogP contribution is 2.54. The fraction of sp³-hybridized carbons (Fsp3) is 0.640. The topological polar surface area (TPSA) is 66.5 Å². The van der Waals surface area contributed by atoms with Crippen LogP contribution in [0.5, 0.6) is 0 Å². The van der Waals surface area contributed by atoms with E-state index in [1.54, 1.807) is 0 Å². The van der Waals surface area contributed by atoms with E-state index in [1.165, 1.54) is 61.8 Å². The van der Waals surface area contributed by atoms with E-state index in [9.17, 15) is 14.4 Å². The number of nitrogens with zero attached hydrogens (tertiary/aromatic N) is 1. The van der Waals surface area contributed by atoms with E-state index in [0.717, 1.165) is 12.3 Å². The maximum Gasteiger partial charge on any atom is 0.251 e. The lowest BCUT2D eigenvalue weighted by Crippen LogP contribution is -2.37. The Kier molecular flexibility index (Phi) is 6.55. The highest BCUT2D eigenvalue weighted by molar-refractivity contribution is 6.01. The second kappa shape index (κ2) is 9.32. The number of amides is 3. The first kappa shape index (κ1) is 21.1. The molecule has 3 aliphatic rings. The van der Waals surface area contributed by atoms with Gasteiger partial charge in [-0.1, -0.05) is 37.8 Å². The van der Waals surface area contributed by atoms with Crippen LogP contribution in [0.4, 0.5) is 0 Å². The van der Waals surface area contributed by atoms with Crippen LogP contribution in [0.1, 0.15) is 86.6 Å². The molecule has 0 radical (unpaired) electrons. The molecule has 2 aliphatic carbocycles. The van der Waals surface area contributed by atoms with E-state index in [4.69, 9.17) is 0 Å². The van der Waals surface area contributed by atoms with Gasteiger partial charge in [0.05, 0.1) is 0 Å². The minimum Gasteiger partial charge on any atom is -0.352 e. The summed E-state index contributed by atoms with van der Waals surface area (Å²) in [5.74, 6) is 0.508. The van der Waals surface area contributed by atoms with Gasteiger partial charge < -0.3 is 5.32 Å². The molecule has 0 aromatic heterocycles. The normalized spacial score (nSPS) is 23.3. The summed E-state index contributed by atoms with van der Waals surface area (Å²) in [5.41, 5.74) is 2.62. The van der Waals surface area contributed by atoms with Gasteiger partial charge in [-0.25, -0.2) is 0 Å². The quantitative estimate of drug-likeness (QED) is 0.540. The molecule has 1 aromatic carbocycles. The molecular weight excluding hydrogens is 376 g/mol. The molecule has 1 N–H and O–H groups in total. The van der Waals surface area contributed by atoms with Crippen molar-refractivity contribution in [3.05, 3.63) is 35.4 Å². The first-order chi connectivity index (χ1) is 14.6. The lowest BCUT2D eigenvalue weighted by Gasteiger charge is -2.48. The first-order valence-corrected chi connectivity index (χ1v) is 11.8. The van der Waals surface area contributed by atoms with E-state index in [0.29, 0.717) is 43.3 Å². The monoisotopic (exact) mass is 410 g/mol. The molecule has 1 aliphatic heterocycles. The predicted octanol–water partition coefficient (Wildman–Crippen LogP) is 4.25. The zero-order chi connectivity index (χ0) is 21.0. The molecule has 0 bridgehead atoms. The molecule has 3 amide bonds. The highest BCUT2D eigenvalue weighted by atomic mass is 16.2. The van der Waals surface area contributed by atoms with Crippen LogP contribution >= 0.6 is 0 Å². The van der Waals surface area contributed by atoms with Crippen molar-refractivity contribution in [1.82, 2.24) is 10.2 Å². The fourth-order valence-corrected chi connectivity index (χ4v) is 5.65. The van der Waals surface area contributed by atoms with Gasteiger partial charge in [0.2, 0.25) is 11.8 Å². The van der Waals surface area contributed by atoms with Crippen molar-refractivity contribution in [2.75, 3.05) is 13.1 Å². The van der Waals surface area contributed by atoms with Crippen LogP contribution in [0.3, 0.4) is 0 Å². The third-order valence-electron chi connectivity index (χ3n) is 7.64. The summed E-state index contributed by atoms with van der Waals surface area (Å²) >= 11 is 0. The van der Waals surface area contributed by atoms with Gasteiger partial charge in [0, 0.05) is 31.5 Å². The van der Waals surface area contributed by atoms with Crippen LogP contribution in [0.15, 0.2) is 24.3 Å². The SMILES string of the molecule is O=C(NCCCN1C(=O)CCC1=O)c1ccc(CC2CCCCCC23CCC3)cc1. The Morgan fingerprint density at radius 3 is 2.33 bits per heavy atom. The van der Waals surface area contributed by atoms with Crippen LogP contribution in [0.25, 0.3) is 0 Å². The summed E-state index contributed by atoms with van der Waals surface area (Å²) in [6.45, 7) is 0.849. The van der Waals surface area contributed by atoms with Gasteiger partial charge in [-0.15, -0.1) is 0 Å². The molecule has 1 spiro atoms. The van der Waals surface area contributed by atoms with Crippen molar-refractivity contribution in [2.24, 2.45) is 11.3 Å². The van der Waals surface area contributed by atoms with Crippen LogP contribution in [0, 0.1) is 11.3 Å². The highest BCUT2D eigenvalue weighted by Gasteiger charge is 2.43. The van der Waals surface area contributed by atoms with Gasteiger partial charge in [0.15, 0.2) is 0 Å². The summed E-state index contributed by atoms with van der Waals surface area (Å²) in [4.78, 5) is 36.9. The Balaban J connectivity index is 1.25. The Morgan fingerprint density at radius 2 is 1.67 bits per heavy atom. The standard InChI is InChI=1S/C25H34N2O3/c28-22-11-12-23(29)27(22)17-5-16-26-24(30)20-9-7-19(8-10-20)18-21-6-2-1-3-13-25(21)14-4-15-25/h7-10,21H,1-6,11-18H2,(H,26,30). The minimum atomic E-state index is -0.0979.